The van der Waals surface area contributed by atoms with E-state index in [1.54, 1.807) is 0 Å². The summed E-state index contributed by atoms with van der Waals surface area (Å²) in [5.74, 6) is -5.40. The van der Waals surface area contributed by atoms with Gasteiger partial charge in [-0.3, -0.25) is 9.59 Å². The predicted octanol–water partition coefficient (Wildman–Crippen LogP) is 1.64. The maximum Gasteiger partial charge on any atom is 0.450 e. The first-order chi connectivity index (χ1) is 5.55. The molecular weight excluding hydrogens is 312 g/mol. The van der Waals surface area contributed by atoms with Crippen molar-refractivity contribution in [3.05, 3.63) is 0 Å². The Morgan fingerprint density at radius 3 is 1.14 bits per heavy atom. The van der Waals surface area contributed by atoms with E-state index in [0.717, 1.165) is 0 Å². The van der Waals surface area contributed by atoms with Gasteiger partial charge < -0.3 is 0 Å². The molecule has 0 amide bonds. The van der Waals surface area contributed by atoms with Crippen LogP contribution in [-0.4, -0.2) is 23.9 Å². The minimum atomic E-state index is -5.40. The number of Topliss-reactive ketones (excluding diaryl/α,β-unsaturated/α-hetero) is 2. The van der Waals surface area contributed by atoms with E-state index in [2.05, 4.69) is 0 Å². The molecule has 0 bridgehead atoms. The van der Waals surface area contributed by atoms with Gasteiger partial charge in [0, 0.05) is 20.4 Å². The standard InChI is InChI=1S/C5H2F6O2.Pd/c6-4(7,8)2(12)1-3(13)5(9,10)11;/h1H2;. The topological polar surface area (TPSA) is 34.1 Å². The fourth-order valence-corrected chi connectivity index (χ4v) is 0.346. The van der Waals surface area contributed by atoms with Gasteiger partial charge in [0.2, 0.25) is 11.6 Å². The van der Waals surface area contributed by atoms with Gasteiger partial charge in [0.1, 0.15) is 0 Å². The summed E-state index contributed by atoms with van der Waals surface area (Å²) >= 11 is 0. The summed E-state index contributed by atoms with van der Waals surface area (Å²) in [5.41, 5.74) is 0. The molecule has 86 valence electrons. The van der Waals surface area contributed by atoms with Gasteiger partial charge in [0.05, 0.1) is 6.42 Å². The van der Waals surface area contributed by atoms with Crippen molar-refractivity contribution < 1.29 is 56.4 Å². The second-order valence-electron chi connectivity index (χ2n) is 2.02. The average molecular weight is 314 g/mol. The fourth-order valence-electron chi connectivity index (χ4n) is 0.346. The van der Waals surface area contributed by atoms with E-state index in [1.807, 2.05) is 0 Å². The van der Waals surface area contributed by atoms with E-state index in [1.165, 1.54) is 0 Å². The summed E-state index contributed by atoms with van der Waals surface area (Å²) in [6.07, 6.45) is -13.0. The van der Waals surface area contributed by atoms with Crippen molar-refractivity contribution in [2.75, 3.05) is 0 Å². The van der Waals surface area contributed by atoms with Crippen LogP contribution in [0.2, 0.25) is 0 Å². The van der Waals surface area contributed by atoms with Crippen LogP contribution in [0.3, 0.4) is 0 Å². The Balaban J connectivity index is 0. The van der Waals surface area contributed by atoms with Crippen molar-refractivity contribution in [2.24, 2.45) is 0 Å². The van der Waals surface area contributed by atoms with Crippen molar-refractivity contribution in [1.29, 1.82) is 0 Å². The first kappa shape index (κ1) is 16.0. The first-order valence-corrected chi connectivity index (χ1v) is 2.75. The van der Waals surface area contributed by atoms with Crippen LogP contribution in [0.1, 0.15) is 6.42 Å². The number of halogens is 6. The largest absolute Gasteiger partial charge is 0.450 e. The molecule has 0 radical (unpaired) electrons. The van der Waals surface area contributed by atoms with Crippen LogP contribution in [-0.2, 0) is 30.0 Å². The smallest absolute Gasteiger partial charge is 0.289 e. The molecule has 0 heterocycles. The van der Waals surface area contributed by atoms with Gasteiger partial charge in [0.15, 0.2) is 0 Å². The average Bonchev–Trinajstić information content (AvgIpc) is 1.82. The molecule has 0 rings (SSSR count). The van der Waals surface area contributed by atoms with Crippen LogP contribution in [0.15, 0.2) is 0 Å². The fraction of sp³-hybridized carbons (Fsp3) is 0.600. The Morgan fingerprint density at radius 1 is 0.786 bits per heavy atom. The minimum absolute atomic E-state index is 0. The van der Waals surface area contributed by atoms with Gasteiger partial charge in [-0.15, -0.1) is 0 Å². The number of rotatable bonds is 2. The van der Waals surface area contributed by atoms with Crippen LogP contribution in [0.5, 0.6) is 0 Å². The predicted molar refractivity (Wildman–Crippen MR) is 26.7 cm³/mol. The Hall–Kier alpha value is -0.418. The first-order valence-electron chi connectivity index (χ1n) is 2.75. The molecule has 14 heavy (non-hydrogen) atoms. The van der Waals surface area contributed by atoms with Gasteiger partial charge in [0.25, 0.3) is 0 Å². The summed E-state index contributed by atoms with van der Waals surface area (Å²) in [6.45, 7) is 0. The third-order valence-electron chi connectivity index (χ3n) is 0.953. The van der Waals surface area contributed by atoms with E-state index in [4.69, 9.17) is 0 Å². The summed E-state index contributed by atoms with van der Waals surface area (Å²) in [7, 11) is 0. The Morgan fingerprint density at radius 2 is 1.00 bits per heavy atom. The molecular formula is C5H2F6O2Pd. The van der Waals surface area contributed by atoms with Crippen LogP contribution in [0.4, 0.5) is 26.3 Å². The molecule has 0 aromatic rings. The second kappa shape index (κ2) is 4.89. The molecule has 9 heteroatoms. The molecule has 0 saturated carbocycles. The Bertz CT molecular complexity index is 205. The number of hydrogen-bond donors (Lipinski definition) is 0. The van der Waals surface area contributed by atoms with Crippen molar-refractivity contribution in [1.82, 2.24) is 0 Å². The molecule has 0 unspecified atom stereocenters. The molecule has 0 N–H and O–H groups in total. The number of carbonyl (C=O) groups excluding carboxylic acids is 2. The monoisotopic (exact) mass is 314 g/mol. The SMILES string of the molecule is O=C(CC(=O)C(F)(F)F)C(F)(F)F.[Pd]. The van der Waals surface area contributed by atoms with Crippen molar-refractivity contribution in [2.45, 2.75) is 18.8 Å². The van der Waals surface area contributed by atoms with Gasteiger partial charge in [-0.05, 0) is 0 Å². The van der Waals surface area contributed by atoms with Gasteiger partial charge in [-0.25, -0.2) is 0 Å². The Labute approximate surface area is 87.3 Å². The van der Waals surface area contributed by atoms with Gasteiger partial charge in [-0.2, -0.15) is 26.3 Å². The molecule has 0 aromatic heterocycles. The number of alkyl halides is 6. The van der Waals surface area contributed by atoms with E-state index in [9.17, 15) is 35.9 Å². The molecule has 0 spiro atoms. The zero-order valence-electron chi connectivity index (χ0n) is 6.11. The molecule has 0 aliphatic rings. The van der Waals surface area contributed by atoms with E-state index < -0.39 is 30.3 Å². The third-order valence-corrected chi connectivity index (χ3v) is 0.953. The molecule has 0 saturated heterocycles. The number of ketones is 2. The summed E-state index contributed by atoms with van der Waals surface area (Å²) in [5, 5.41) is 0. The van der Waals surface area contributed by atoms with Crippen molar-refractivity contribution in [3.8, 4) is 0 Å². The molecule has 0 fully saturated rings. The molecule has 0 atom stereocenters. The van der Waals surface area contributed by atoms with Gasteiger partial charge >= 0.3 is 12.4 Å². The molecule has 0 aliphatic carbocycles. The normalized spacial score (nSPS) is 11.9. The van der Waals surface area contributed by atoms with Crippen molar-refractivity contribution in [3.63, 3.8) is 0 Å². The Kier molecular flexibility index (Phi) is 5.60. The summed E-state index contributed by atoms with van der Waals surface area (Å²) in [4.78, 5) is 19.8. The maximum absolute atomic E-state index is 11.3. The summed E-state index contributed by atoms with van der Waals surface area (Å²) < 4.78 is 68.0. The van der Waals surface area contributed by atoms with Gasteiger partial charge in [-0.1, -0.05) is 0 Å². The van der Waals surface area contributed by atoms with Crippen molar-refractivity contribution >= 4 is 11.6 Å². The zero-order valence-corrected chi connectivity index (χ0v) is 7.66. The maximum atomic E-state index is 11.3. The van der Waals surface area contributed by atoms with E-state index in [-0.39, 0.29) is 20.4 Å². The van der Waals surface area contributed by atoms with Crippen LogP contribution >= 0.6 is 0 Å². The van der Waals surface area contributed by atoms with E-state index >= 15 is 0 Å². The minimum Gasteiger partial charge on any atom is -0.289 e. The second-order valence-corrected chi connectivity index (χ2v) is 2.02. The van der Waals surface area contributed by atoms with Crippen LogP contribution in [0.25, 0.3) is 0 Å². The molecule has 2 nitrogen and oxygen atoms in total. The van der Waals surface area contributed by atoms with E-state index in [0.29, 0.717) is 0 Å². The molecule has 0 aliphatic heterocycles. The van der Waals surface area contributed by atoms with Crippen LogP contribution < -0.4 is 0 Å². The summed E-state index contributed by atoms with van der Waals surface area (Å²) in [6, 6.07) is 0. The van der Waals surface area contributed by atoms with Crippen LogP contribution in [0, 0.1) is 0 Å². The third kappa shape index (κ3) is 5.34. The zero-order chi connectivity index (χ0) is 10.9. The molecule has 0 aromatic carbocycles. The number of hydrogen-bond acceptors (Lipinski definition) is 2. The quantitative estimate of drug-likeness (QED) is 0.441. The number of carbonyl (C=O) groups is 2.